The molecule has 0 aliphatic heterocycles. The fourth-order valence-electron chi connectivity index (χ4n) is 1.85. The van der Waals surface area contributed by atoms with E-state index in [-0.39, 0.29) is 11.6 Å². The Bertz CT molecular complexity index is 682. The average Bonchev–Trinajstić information content (AvgIpc) is 3.03. The molecular weight excluding hydrogens is 312 g/mol. The van der Waals surface area contributed by atoms with Gasteiger partial charge in [0.1, 0.15) is 11.2 Å². The van der Waals surface area contributed by atoms with E-state index in [4.69, 9.17) is 9.47 Å². The van der Waals surface area contributed by atoms with Crippen molar-refractivity contribution in [3.63, 3.8) is 0 Å². The van der Waals surface area contributed by atoms with Crippen LogP contribution in [0.2, 0.25) is 0 Å². The zero-order chi connectivity index (χ0) is 18.1. The van der Waals surface area contributed by atoms with Crippen LogP contribution in [0.15, 0.2) is 24.8 Å². The van der Waals surface area contributed by atoms with Crippen LogP contribution in [0, 0.1) is 0 Å². The molecule has 0 saturated heterocycles. The van der Waals surface area contributed by atoms with Crippen molar-refractivity contribution in [2.45, 2.75) is 52.7 Å². The van der Waals surface area contributed by atoms with Gasteiger partial charge in [0.15, 0.2) is 11.6 Å². The molecule has 0 radical (unpaired) electrons. The third-order valence-electron chi connectivity index (χ3n) is 2.66. The molecule has 0 aliphatic carbocycles. The van der Waals surface area contributed by atoms with E-state index in [1.807, 2.05) is 0 Å². The maximum Gasteiger partial charge on any atom is 0.420 e. The monoisotopic (exact) mass is 334 g/mol. The molecule has 0 unspecified atom stereocenters. The van der Waals surface area contributed by atoms with E-state index in [1.165, 1.54) is 33.9 Å². The van der Waals surface area contributed by atoms with Crippen LogP contribution in [0.3, 0.4) is 0 Å². The fraction of sp³-hybridized carbons (Fsp3) is 0.500. The zero-order valence-corrected chi connectivity index (χ0v) is 14.7. The first-order valence-corrected chi connectivity index (χ1v) is 7.52. The van der Waals surface area contributed by atoms with E-state index in [0.29, 0.717) is 0 Å². The lowest BCUT2D eigenvalue weighted by atomic mass is 10.2. The topological polar surface area (TPSA) is 88.2 Å². The highest BCUT2D eigenvalue weighted by molar-refractivity contribution is 5.79. The summed E-state index contributed by atoms with van der Waals surface area (Å²) in [4.78, 5) is 32.8. The number of rotatable bonds is 1. The van der Waals surface area contributed by atoms with Crippen molar-refractivity contribution in [1.82, 2.24) is 19.1 Å². The maximum atomic E-state index is 12.3. The van der Waals surface area contributed by atoms with E-state index >= 15 is 0 Å². The Morgan fingerprint density at radius 1 is 0.792 bits per heavy atom. The van der Waals surface area contributed by atoms with Crippen LogP contribution in [0.4, 0.5) is 9.59 Å². The van der Waals surface area contributed by atoms with Crippen molar-refractivity contribution in [2.24, 2.45) is 0 Å². The molecule has 2 aromatic heterocycles. The minimum atomic E-state index is -0.654. The highest BCUT2D eigenvalue weighted by Crippen LogP contribution is 2.19. The summed E-state index contributed by atoms with van der Waals surface area (Å²) in [6.45, 7) is 10.6. The molecule has 2 aromatic rings. The Labute approximate surface area is 140 Å². The SMILES string of the molecule is CC(C)(C)OC(=O)n1ccnc1-c1nccn1C(=O)OC(C)(C)C. The summed E-state index contributed by atoms with van der Waals surface area (Å²) >= 11 is 0. The molecule has 8 nitrogen and oxygen atoms in total. The first kappa shape index (κ1) is 17.7. The number of aromatic nitrogens is 4. The number of carbonyl (C=O) groups excluding carboxylic acids is 2. The van der Waals surface area contributed by atoms with Crippen molar-refractivity contribution in [1.29, 1.82) is 0 Å². The zero-order valence-electron chi connectivity index (χ0n) is 14.7. The summed E-state index contributed by atoms with van der Waals surface area (Å²) in [6, 6.07) is 0. The molecule has 8 heteroatoms. The van der Waals surface area contributed by atoms with Crippen molar-refractivity contribution >= 4 is 12.2 Å². The number of imidazole rings is 2. The van der Waals surface area contributed by atoms with Crippen LogP contribution >= 0.6 is 0 Å². The Hall–Kier alpha value is -2.64. The summed E-state index contributed by atoms with van der Waals surface area (Å²) in [5.41, 5.74) is -1.31. The standard InChI is InChI=1S/C16H22N4O4/c1-15(2,3)23-13(21)19-9-7-17-11(19)12-18-8-10-20(12)14(22)24-16(4,5)6/h7-10H,1-6H3. The first-order chi connectivity index (χ1) is 11.0. The summed E-state index contributed by atoms with van der Waals surface area (Å²) in [7, 11) is 0. The Kier molecular flexibility index (Phi) is 4.50. The van der Waals surface area contributed by atoms with Crippen LogP contribution < -0.4 is 0 Å². The number of hydrogen-bond donors (Lipinski definition) is 0. The number of ether oxygens (including phenoxy) is 2. The predicted octanol–water partition coefficient (Wildman–Crippen LogP) is 3.31. The maximum absolute atomic E-state index is 12.3. The normalized spacial score (nSPS) is 12.1. The van der Waals surface area contributed by atoms with E-state index in [0.717, 1.165) is 0 Å². The Balaban J connectivity index is 2.36. The summed E-state index contributed by atoms with van der Waals surface area (Å²) in [5.74, 6) is 0.389. The Morgan fingerprint density at radius 2 is 1.12 bits per heavy atom. The van der Waals surface area contributed by atoms with Gasteiger partial charge in [-0.1, -0.05) is 0 Å². The summed E-state index contributed by atoms with van der Waals surface area (Å²) in [5, 5.41) is 0. The minimum Gasteiger partial charge on any atom is -0.443 e. The molecular formula is C16H22N4O4. The van der Waals surface area contributed by atoms with Crippen LogP contribution in [0.1, 0.15) is 41.5 Å². The van der Waals surface area contributed by atoms with E-state index in [2.05, 4.69) is 9.97 Å². The van der Waals surface area contributed by atoms with Crippen LogP contribution in [0.5, 0.6) is 0 Å². The lowest BCUT2D eigenvalue weighted by molar-refractivity contribution is 0.0518. The molecule has 0 N–H and O–H groups in total. The van der Waals surface area contributed by atoms with Gasteiger partial charge in [-0.2, -0.15) is 0 Å². The second kappa shape index (κ2) is 6.10. The highest BCUT2D eigenvalue weighted by atomic mass is 16.6. The predicted molar refractivity (Wildman–Crippen MR) is 86.7 cm³/mol. The van der Waals surface area contributed by atoms with Crippen LogP contribution in [-0.4, -0.2) is 42.5 Å². The van der Waals surface area contributed by atoms with Gasteiger partial charge in [0.2, 0.25) is 0 Å². The van der Waals surface area contributed by atoms with Gasteiger partial charge in [-0.15, -0.1) is 0 Å². The molecule has 0 amide bonds. The van der Waals surface area contributed by atoms with E-state index in [9.17, 15) is 9.59 Å². The molecule has 0 saturated carbocycles. The van der Waals surface area contributed by atoms with Crippen molar-refractivity contribution in [3.8, 4) is 11.6 Å². The van der Waals surface area contributed by atoms with Crippen molar-refractivity contribution < 1.29 is 19.1 Å². The third kappa shape index (κ3) is 4.21. The molecule has 24 heavy (non-hydrogen) atoms. The molecule has 2 heterocycles. The van der Waals surface area contributed by atoms with E-state index < -0.39 is 23.4 Å². The van der Waals surface area contributed by atoms with Gasteiger partial charge in [-0.3, -0.25) is 0 Å². The number of nitrogens with zero attached hydrogens (tertiary/aromatic N) is 4. The van der Waals surface area contributed by atoms with Gasteiger partial charge >= 0.3 is 12.2 Å². The molecule has 130 valence electrons. The molecule has 0 aromatic carbocycles. The quantitative estimate of drug-likeness (QED) is 0.795. The average molecular weight is 334 g/mol. The summed E-state index contributed by atoms with van der Waals surface area (Å²) < 4.78 is 13.1. The van der Waals surface area contributed by atoms with Gasteiger partial charge in [0.25, 0.3) is 0 Å². The lowest BCUT2D eigenvalue weighted by Crippen LogP contribution is -2.29. The highest BCUT2D eigenvalue weighted by Gasteiger charge is 2.25. The smallest absolute Gasteiger partial charge is 0.420 e. The number of hydrogen-bond acceptors (Lipinski definition) is 6. The Morgan fingerprint density at radius 3 is 1.42 bits per heavy atom. The first-order valence-electron chi connectivity index (χ1n) is 7.52. The second-order valence-corrected chi connectivity index (χ2v) is 7.20. The third-order valence-corrected chi connectivity index (χ3v) is 2.66. The fourth-order valence-corrected chi connectivity index (χ4v) is 1.85. The van der Waals surface area contributed by atoms with Crippen molar-refractivity contribution in [3.05, 3.63) is 24.8 Å². The molecule has 0 atom stereocenters. The molecule has 0 spiro atoms. The molecule has 0 bridgehead atoms. The van der Waals surface area contributed by atoms with Crippen molar-refractivity contribution in [2.75, 3.05) is 0 Å². The van der Waals surface area contributed by atoms with Gasteiger partial charge < -0.3 is 9.47 Å². The van der Waals surface area contributed by atoms with Gasteiger partial charge in [-0.25, -0.2) is 28.7 Å². The van der Waals surface area contributed by atoms with Crippen LogP contribution in [-0.2, 0) is 9.47 Å². The van der Waals surface area contributed by atoms with Crippen LogP contribution in [0.25, 0.3) is 11.6 Å². The molecule has 2 rings (SSSR count). The van der Waals surface area contributed by atoms with Gasteiger partial charge in [-0.05, 0) is 41.5 Å². The number of carbonyl (C=O) groups is 2. The molecule has 0 fully saturated rings. The second-order valence-electron chi connectivity index (χ2n) is 7.20. The molecule has 0 aliphatic rings. The van der Waals surface area contributed by atoms with E-state index in [1.54, 1.807) is 41.5 Å². The largest absolute Gasteiger partial charge is 0.443 e. The summed E-state index contributed by atoms with van der Waals surface area (Å²) in [6.07, 6.45) is 4.58. The van der Waals surface area contributed by atoms with Gasteiger partial charge in [0.05, 0.1) is 0 Å². The lowest BCUT2D eigenvalue weighted by Gasteiger charge is -2.21. The minimum absolute atomic E-state index is 0.195. The van der Waals surface area contributed by atoms with Gasteiger partial charge in [0, 0.05) is 24.8 Å².